The van der Waals surface area contributed by atoms with Gasteiger partial charge in [-0.3, -0.25) is 4.57 Å². The van der Waals surface area contributed by atoms with E-state index in [1.165, 1.54) is 6.07 Å². The average molecular weight is 253 g/mol. The lowest BCUT2D eigenvalue weighted by atomic mass is 10.1. The summed E-state index contributed by atoms with van der Waals surface area (Å²) in [6.45, 7) is 0. The molecule has 0 spiro atoms. The highest BCUT2D eigenvalue weighted by molar-refractivity contribution is 5.94. The van der Waals surface area contributed by atoms with E-state index in [1.807, 2.05) is 28.8 Å². The molecule has 0 aliphatic rings. The number of imidazole rings is 1. The second-order valence-electron chi connectivity index (χ2n) is 4.18. The summed E-state index contributed by atoms with van der Waals surface area (Å²) in [4.78, 5) is 15.2. The van der Waals surface area contributed by atoms with Gasteiger partial charge in [0.15, 0.2) is 0 Å². The number of aromatic carboxylic acids is 1. The summed E-state index contributed by atoms with van der Waals surface area (Å²) in [6.07, 6.45) is 1.69. The van der Waals surface area contributed by atoms with Crippen molar-refractivity contribution < 1.29 is 9.90 Å². The molecule has 5 nitrogen and oxygen atoms in total. The molecule has 0 saturated heterocycles. The van der Waals surface area contributed by atoms with E-state index >= 15 is 0 Å². The summed E-state index contributed by atoms with van der Waals surface area (Å²) in [5.74, 6) is -1.03. The standard InChI is InChI=1S/C14H11N3O2/c15-11-7-9(5-6-10(11)14(18)19)17-8-16-12-3-1-2-4-13(12)17/h1-8H,15H2,(H,18,19). The number of carbonyl (C=O) groups is 1. The molecule has 0 aliphatic heterocycles. The molecule has 2 aromatic carbocycles. The van der Waals surface area contributed by atoms with Crippen LogP contribution in [0.15, 0.2) is 48.8 Å². The highest BCUT2D eigenvalue weighted by Gasteiger charge is 2.10. The average Bonchev–Trinajstić information content (AvgIpc) is 2.82. The van der Waals surface area contributed by atoms with Crippen LogP contribution in [0.2, 0.25) is 0 Å². The van der Waals surface area contributed by atoms with Crippen LogP contribution in [0.25, 0.3) is 16.7 Å². The maximum atomic E-state index is 10.9. The number of hydrogen-bond donors (Lipinski definition) is 2. The van der Waals surface area contributed by atoms with Crippen molar-refractivity contribution in [1.82, 2.24) is 9.55 Å². The van der Waals surface area contributed by atoms with Gasteiger partial charge in [0, 0.05) is 11.4 Å². The largest absolute Gasteiger partial charge is 0.478 e. The summed E-state index contributed by atoms with van der Waals surface area (Å²) in [7, 11) is 0. The monoisotopic (exact) mass is 253 g/mol. The first kappa shape index (κ1) is 11.3. The van der Waals surface area contributed by atoms with Crippen molar-refractivity contribution in [1.29, 1.82) is 0 Å². The molecule has 0 radical (unpaired) electrons. The quantitative estimate of drug-likeness (QED) is 0.687. The second kappa shape index (κ2) is 4.13. The molecule has 0 aliphatic carbocycles. The number of benzene rings is 2. The number of nitrogens with two attached hydrogens (primary N) is 1. The van der Waals surface area contributed by atoms with E-state index in [0.29, 0.717) is 0 Å². The second-order valence-corrected chi connectivity index (χ2v) is 4.18. The molecule has 0 atom stereocenters. The normalized spacial score (nSPS) is 10.7. The number of nitrogens with zero attached hydrogens (tertiary/aromatic N) is 2. The van der Waals surface area contributed by atoms with Gasteiger partial charge < -0.3 is 10.8 Å². The van der Waals surface area contributed by atoms with Crippen LogP contribution in [0.5, 0.6) is 0 Å². The van der Waals surface area contributed by atoms with Crippen LogP contribution in [-0.2, 0) is 0 Å². The van der Waals surface area contributed by atoms with Crippen LogP contribution in [0.4, 0.5) is 5.69 Å². The Morgan fingerprint density at radius 2 is 2.00 bits per heavy atom. The van der Waals surface area contributed by atoms with Gasteiger partial charge in [-0.1, -0.05) is 12.1 Å². The lowest BCUT2D eigenvalue weighted by Gasteiger charge is -2.07. The van der Waals surface area contributed by atoms with Crippen LogP contribution in [0, 0.1) is 0 Å². The minimum absolute atomic E-state index is 0.105. The van der Waals surface area contributed by atoms with Crippen molar-refractivity contribution in [3.63, 3.8) is 0 Å². The van der Waals surface area contributed by atoms with Gasteiger partial charge in [-0.15, -0.1) is 0 Å². The zero-order valence-corrected chi connectivity index (χ0v) is 9.95. The van der Waals surface area contributed by atoms with Gasteiger partial charge in [-0.2, -0.15) is 0 Å². The van der Waals surface area contributed by atoms with Crippen molar-refractivity contribution in [2.75, 3.05) is 5.73 Å². The molecular formula is C14H11N3O2. The highest BCUT2D eigenvalue weighted by atomic mass is 16.4. The molecule has 1 heterocycles. The van der Waals surface area contributed by atoms with Gasteiger partial charge in [0.2, 0.25) is 0 Å². The van der Waals surface area contributed by atoms with Crippen LogP contribution in [0.1, 0.15) is 10.4 Å². The Labute approximate surface area is 108 Å². The molecular weight excluding hydrogens is 242 g/mol. The number of fused-ring (bicyclic) bond motifs is 1. The molecule has 5 heteroatoms. The molecule has 0 amide bonds. The number of hydrogen-bond acceptors (Lipinski definition) is 3. The van der Waals surface area contributed by atoms with Gasteiger partial charge in [0.05, 0.1) is 16.6 Å². The van der Waals surface area contributed by atoms with Crippen LogP contribution >= 0.6 is 0 Å². The Balaban J connectivity index is 2.17. The number of carboxylic acids is 1. The number of carboxylic acid groups (broad SMARTS) is 1. The van der Waals surface area contributed by atoms with Crippen molar-refractivity contribution >= 4 is 22.7 Å². The molecule has 0 unspecified atom stereocenters. The lowest BCUT2D eigenvalue weighted by molar-refractivity contribution is 0.0698. The first-order chi connectivity index (χ1) is 9.16. The van der Waals surface area contributed by atoms with E-state index in [2.05, 4.69) is 4.98 Å². The highest BCUT2D eigenvalue weighted by Crippen LogP contribution is 2.21. The first-order valence-electron chi connectivity index (χ1n) is 5.72. The van der Waals surface area contributed by atoms with E-state index in [9.17, 15) is 4.79 Å². The maximum Gasteiger partial charge on any atom is 0.337 e. The van der Waals surface area contributed by atoms with E-state index in [4.69, 9.17) is 10.8 Å². The van der Waals surface area contributed by atoms with Crippen LogP contribution in [0.3, 0.4) is 0 Å². The summed E-state index contributed by atoms with van der Waals surface area (Å²) in [5, 5.41) is 8.96. The molecule has 94 valence electrons. The van der Waals surface area contributed by atoms with Gasteiger partial charge in [0.25, 0.3) is 0 Å². The number of anilines is 1. The number of aromatic nitrogens is 2. The molecule has 3 aromatic rings. The summed E-state index contributed by atoms with van der Waals surface area (Å²) in [6, 6.07) is 12.6. The summed E-state index contributed by atoms with van der Waals surface area (Å²) < 4.78 is 1.87. The maximum absolute atomic E-state index is 10.9. The predicted octanol–water partition coefficient (Wildman–Crippen LogP) is 2.31. The third-order valence-electron chi connectivity index (χ3n) is 3.00. The SMILES string of the molecule is Nc1cc(-n2cnc3ccccc32)ccc1C(=O)O. The fourth-order valence-electron chi connectivity index (χ4n) is 2.06. The fraction of sp³-hybridized carbons (Fsp3) is 0. The molecule has 0 saturated carbocycles. The number of rotatable bonds is 2. The Kier molecular flexibility index (Phi) is 2.45. The topological polar surface area (TPSA) is 81.1 Å². The third-order valence-corrected chi connectivity index (χ3v) is 3.00. The molecule has 19 heavy (non-hydrogen) atoms. The van der Waals surface area contributed by atoms with Gasteiger partial charge in [-0.25, -0.2) is 9.78 Å². The Morgan fingerprint density at radius 1 is 1.21 bits per heavy atom. The Hall–Kier alpha value is -2.82. The molecule has 3 rings (SSSR count). The summed E-state index contributed by atoms with van der Waals surface area (Å²) in [5.41, 5.74) is 8.72. The predicted molar refractivity (Wildman–Crippen MR) is 72.4 cm³/mol. The smallest absolute Gasteiger partial charge is 0.337 e. The zero-order chi connectivity index (χ0) is 13.4. The van der Waals surface area contributed by atoms with Crippen LogP contribution in [-0.4, -0.2) is 20.6 Å². The van der Waals surface area contributed by atoms with Crippen molar-refractivity contribution in [3.05, 3.63) is 54.4 Å². The molecule has 0 fully saturated rings. The minimum Gasteiger partial charge on any atom is -0.478 e. The van der Waals surface area contributed by atoms with E-state index < -0.39 is 5.97 Å². The fourth-order valence-corrected chi connectivity index (χ4v) is 2.06. The Bertz CT molecular complexity index is 777. The van der Waals surface area contributed by atoms with Crippen molar-refractivity contribution in [2.45, 2.75) is 0 Å². The van der Waals surface area contributed by atoms with Gasteiger partial charge in [0.1, 0.15) is 6.33 Å². The van der Waals surface area contributed by atoms with E-state index in [-0.39, 0.29) is 11.3 Å². The lowest BCUT2D eigenvalue weighted by Crippen LogP contribution is -2.03. The Morgan fingerprint density at radius 3 is 2.74 bits per heavy atom. The number of nitrogen functional groups attached to an aromatic ring is 1. The van der Waals surface area contributed by atoms with Crippen LogP contribution < -0.4 is 5.73 Å². The van der Waals surface area contributed by atoms with Gasteiger partial charge in [-0.05, 0) is 30.3 Å². The van der Waals surface area contributed by atoms with Crippen molar-refractivity contribution in [3.8, 4) is 5.69 Å². The van der Waals surface area contributed by atoms with E-state index in [1.54, 1.807) is 18.5 Å². The van der Waals surface area contributed by atoms with Crippen molar-refractivity contribution in [2.24, 2.45) is 0 Å². The molecule has 3 N–H and O–H groups in total. The minimum atomic E-state index is -1.03. The third kappa shape index (κ3) is 1.81. The molecule has 1 aromatic heterocycles. The number of para-hydroxylation sites is 2. The van der Waals surface area contributed by atoms with Gasteiger partial charge >= 0.3 is 5.97 Å². The zero-order valence-electron chi connectivity index (χ0n) is 9.95. The molecule has 0 bridgehead atoms. The first-order valence-corrected chi connectivity index (χ1v) is 5.72. The summed E-state index contributed by atoms with van der Waals surface area (Å²) >= 11 is 0. The van der Waals surface area contributed by atoms with E-state index in [0.717, 1.165) is 16.7 Å².